The van der Waals surface area contributed by atoms with Gasteiger partial charge in [-0.15, -0.1) is 0 Å². The molecule has 37 heavy (non-hydrogen) atoms. The Bertz CT molecular complexity index is 1230. The molecule has 3 amide bonds. The highest BCUT2D eigenvalue weighted by Gasteiger charge is 2.13. The fourth-order valence-electron chi connectivity index (χ4n) is 3.00. The van der Waals surface area contributed by atoms with Crippen molar-refractivity contribution < 1.29 is 23.9 Å². The second kappa shape index (κ2) is 14.3. The molecule has 10 heteroatoms. The van der Waals surface area contributed by atoms with Crippen molar-refractivity contribution in [2.24, 2.45) is 5.10 Å². The molecule has 0 saturated carbocycles. The molecular formula is C27H27ClN4O5. The number of anilines is 1. The largest absolute Gasteiger partial charge is 0.494 e. The minimum atomic E-state index is -0.965. The first-order valence-corrected chi connectivity index (χ1v) is 11.9. The van der Waals surface area contributed by atoms with E-state index in [0.717, 1.165) is 12.0 Å². The molecule has 0 bridgehead atoms. The van der Waals surface area contributed by atoms with Gasteiger partial charge in [-0.1, -0.05) is 48.9 Å². The first kappa shape index (κ1) is 27.2. The van der Waals surface area contributed by atoms with Gasteiger partial charge in [-0.05, 0) is 54.4 Å². The molecule has 0 aliphatic carbocycles. The smallest absolute Gasteiger partial charge is 0.329 e. The predicted molar refractivity (Wildman–Crippen MR) is 142 cm³/mol. The number of benzene rings is 3. The molecule has 3 aromatic carbocycles. The molecule has 0 spiro atoms. The van der Waals surface area contributed by atoms with E-state index >= 15 is 0 Å². The number of hydrogen-bond acceptors (Lipinski definition) is 6. The van der Waals surface area contributed by atoms with Gasteiger partial charge in [-0.2, -0.15) is 5.10 Å². The lowest BCUT2D eigenvalue weighted by molar-refractivity contribution is -0.136. The van der Waals surface area contributed by atoms with E-state index in [2.05, 4.69) is 21.2 Å². The summed E-state index contributed by atoms with van der Waals surface area (Å²) >= 11 is 6.06. The molecule has 3 rings (SSSR count). The average molecular weight is 523 g/mol. The number of nitrogens with one attached hydrogen (secondary N) is 3. The molecule has 3 aromatic rings. The van der Waals surface area contributed by atoms with Gasteiger partial charge in [0.25, 0.3) is 5.91 Å². The predicted octanol–water partition coefficient (Wildman–Crippen LogP) is 3.91. The van der Waals surface area contributed by atoms with Gasteiger partial charge in [0.1, 0.15) is 11.5 Å². The van der Waals surface area contributed by atoms with Crippen LogP contribution in [0.4, 0.5) is 5.69 Å². The van der Waals surface area contributed by atoms with Gasteiger partial charge in [0.05, 0.1) is 12.8 Å². The SMILES string of the molecule is CCCOc1ccc(NC(=O)C(=O)N/N=C\c2cc(Cl)ccc2OCC(=O)NCc2ccccc2)cc1. The first-order chi connectivity index (χ1) is 17.9. The zero-order valence-corrected chi connectivity index (χ0v) is 21.0. The second-order valence-corrected chi connectivity index (χ2v) is 8.20. The summed E-state index contributed by atoms with van der Waals surface area (Å²) in [6.45, 7) is 2.74. The highest BCUT2D eigenvalue weighted by atomic mass is 35.5. The molecule has 0 heterocycles. The Kier molecular flexibility index (Phi) is 10.5. The lowest BCUT2D eigenvalue weighted by Crippen LogP contribution is -2.32. The summed E-state index contributed by atoms with van der Waals surface area (Å²) in [5.41, 5.74) is 3.97. The molecule has 0 saturated heterocycles. The maximum atomic E-state index is 12.2. The van der Waals surface area contributed by atoms with Crippen molar-refractivity contribution >= 4 is 41.2 Å². The van der Waals surface area contributed by atoms with E-state index in [9.17, 15) is 14.4 Å². The summed E-state index contributed by atoms with van der Waals surface area (Å²) in [6, 6.07) is 20.9. The number of halogens is 1. The average Bonchev–Trinajstić information content (AvgIpc) is 2.91. The van der Waals surface area contributed by atoms with Crippen LogP contribution < -0.4 is 25.5 Å². The van der Waals surface area contributed by atoms with Crippen LogP contribution in [0.15, 0.2) is 77.9 Å². The van der Waals surface area contributed by atoms with Crippen molar-refractivity contribution in [3.63, 3.8) is 0 Å². The van der Waals surface area contributed by atoms with Crippen LogP contribution in [0.25, 0.3) is 0 Å². The van der Waals surface area contributed by atoms with Crippen molar-refractivity contribution in [1.29, 1.82) is 0 Å². The monoisotopic (exact) mass is 522 g/mol. The third-order valence-corrected chi connectivity index (χ3v) is 5.06. The molecule has 3 N–H and O–H groups in total. The quantitative estimate of drug-likeness (QED) is 0.200. The van der Waals surface area contributed by atoms with Crippen LogP contribution in [-0.4, -0.2) is 37.1 Å². The highest BCUT2D eigenvalue weighted by Crippen LogP contribution is 2.21. The third kappa shape index (κ3) is 9.30. The fourth-order valence-corrected chi connectivity index (χ4v) is 3.18. The molecule has 0 aromatic heterocycles. The van der Waals surface area contributed by atoms with E-state index in [0.29, 0.717) is 40.9 Å². The number of amides is 3. The Labute approximate surface area is 219 Å². The minimum absolute atomic E-state index is 0.230. The van der Waals surface area contributed by atoms with Gasteiger partial charge < -0.3 is 20.1 Å². The maximum Gasteiger partial charge on any atom is 0.329 e. The van der Waals surface area contributed by atoms with Crippen LogP contribution in [0.3, 0.4) is 0 Å². The van der Waals surface area contributed by atoms with Crippen molar-refractivity contribution in [3.05, 3.63) is 88.9 Å². The standard InChI is InChI=1S/C27H27ClN4O5/c1-2-14-36-23-11-9-22(10-12-23)31-26(34)27(35)32-30-17-20-15-21(28)8-13-24(20)37-18-25(33)29-16-19-6-4-3-5-7-19/h3-13,15,17H,2,14,16,18H2,1H3,(H,29,33)(H,31,34)(H,32,35)/b30-17-. The molecule has 0 radical (unpaired) electrons. The molecule has 192 valence electrons. The summed E-state index contributed by atoms with van der Waals surface area (Å²) in [4.78, 5) is 36.4. The summed E-state index contributed by atoms with van der Waals surface area (Å²) in [7, 11) is 0. The molecule has 0 aliphatic heterocycles. The number of nitrogens with zero attached hydrogens (tertiary/aromatic N) is 1. The lowest BCUT2D eigenvalue weighted by Gasteiger charge is -2.10. The van der Waals surface area contributed by atoms with E-state index in [1.807, 2.05) is 37.3 Å². The van der Waals surface area contributed by atoms with Crippen LogP contribution in [-0.2, 0) is 20.9 Å². The van der Waals surface area contributed by atoms with Crippen molar-refractivity contribution in [2.45, 2.75) is 19.9 Å². The highest BCUT2D eigenvalue weighted by molar-refractivity contribution is 6.39. The Morgan fingerprint density at radius 1 is 0.946 bits per heavy atom. The van der Waals surface area contributed by atoms with Crippen LogP contribution in [0.1, 0.15) is 24.5 Å². The van der Waals surface area contributed by atoms with E-state index in [1.54, 1.807) is 42.5 Å². The third-order valence-electron chi connectivity index (χ3n) is 4.82. The Morgan fingerprint density at radius 2 is 1.70 bits per heavy atom. The number of carbonyl (C=O) groups excluding carboxylic acids is 3. The summed E-state index contributed by atoms with van der Waals surface area (Å²) < 4.78 is 11.1. The molecule has 0 aliphatic rings. The van der Waals surface area contributed by atoms with Crippen LogP contribution in [0, 0.1) is 0 Å². The second-order valence-electron chi connectivity index (χ2n) is 7.76. The van der Waals surface area contributed by atoms with E-state index < -0.39 is 11.8 Å². The van der Waals surface area contributed by atoms with E-state index in [-0.39, 0.29) is 12.5 Å². The van der Waals surface area contributed by atoms with Crippen molar-refractivity contribution in [2.75, 3.05) is 18.5 Å². The normalized spacial score (nSPS) is 10.5. The minimum Gasteiger partial charge on any atom is -0.494 e. The zero-order chi connectivity index (χ0) is 26.5. The number of ether oxygens (including phenoxy) is 2. The Balaban J connectivity index is 1.50. The van der Waals surface area contributed by atoms with Gasteiger partial charge in [-0.3, -0.25) is 14.4 Å². The molecule has 9 nitrogen and oxygen atoms in total. The molecule has 0 fully saturated rings. The zero-order valence-electron chi connectivity index (χ0n) is 20.2. The van der Waals surface area contributed by atoms with E-state index in [1.165, 1.54) is 6.21 Å². The summed E-state index contributed by atoms with van der Waals surface area (Å²) in [5, 5.41) is 9.46. The summed E-state index contributed by atoms with van der Waals surface area (Å²) in [5.74, 6) is -1.17. The van der Waals surface area contributed by atoms with Crippen LogP contribution in [0.2, 0.25) is 5.02 Å². The van der Waals surface area contributed by atoms with Gasteiger partial charge >= 0.3 is 11.8 Å². The van der Waals surface area contributed by atoms with Crippen molar-refractivity contribution in [3.8, 4) is 11.5 Å². The number of hydrazone groups is 1. The van der Waals surface area contributed by atoms with Gasteiger partial charge in [0, 0.05) is 22.8 Å². The lowest BCUT2D eigenvalue weighted by atomic mass is 10.2. The fraction of sp³-hybridized carbons (Fsp3) is 0.185. The van der Waals surface area contributed by atoms with E-state index in [4.69, 9.17) is 21.1 Å². The van der Waals surface area contributed by atoms with Gasteiger partial charge in [-0.25, -0.2) is 5.43 Å². The van der Waals surface area contributed by atoms with Crippen LogP contribution in [0.5, 0.6) is 11.5 Å². The van der Waals surface area contributed by atoms with Crippen LogP contribution >= 0.6 is 11.6 Å². The maximum absolute atomic E-state index is 12.2. The molecule has 0 unspecified atom stereocenters. The summed E-state index contributed by atoms with van der Waals surface area (Å²) in [6.07, 6.45) is 2.15. The first-order valence-electron chi connectivity index (χ1n) is 11.5. The Morgan fingerprint density at radius 3 is 2.43 bits per heavy atom. The topological polar surface area (TPSA) is 118 Å². The molecular weight excluding hydrogens is 496 g/mol. The van der Waals surface area contributed by atoms with Gasteiger partial charge in [0.15, 0.2) is 6.61 Å². The van der Waals surface area contributed by atoms with Gasteiger partial charge in [0.2, 0.25) is 0 Å². The number of carbonyl (C=O) groups is 3. The number of rotatable bonds is 11. The number of hydrogen-bond donors (Lipinski definition) is 3. The molecule has 0 atom stereocenters. The van der Waals surface area contributed by atoms with Crippen molar-refractivity contribution in [1.82, 2.24) is 10.7 Å². The Hall–Kier alpha value is -4.37.